The van der Waals surface area contributed by atoms with Gasteiger partial charge in [-0.25, -0.2) is 0 Å². The van der Waals surface area contributed by atoms with Crippen molar-refractivity contribution in [3.05, 3.63) is 59.7 Å². The molecular formula is C25H42O6Si4. The summed E-state index contributed by atoms with van der Waals surface area (Å²) in [7, 11) is -8.37. The van der Waals surface area contributed by atoms with Crippen molar-refractivity contribution in [2.24, 2.45) is 0 Å². The van der Waals surface area contributed by atoms with E-state index in [1.54, 1.807) is 36.4 Å². The quantitative estimate of drug-likeness (QED) is 0.166. The van der Waals surface area contributed by atoms with Gasteiger partial charge in [-0.2, -0.15) is 0 Å². The molecule has 2 aromatic rings. The fourth-order valence-electron chi connectivity index (χ4n) is 4.17. The Bertz CT molecular complexity index is 986. The molecule has 0 aliphatic heterocycles. The van der Waals surface area contributed by atoms with Crippen molar-refractivity contribution in [2.45, 2.75) is 71.4 Å². The van der Waals surface area contributed by atoms with Crippen LogP contribution in [0.25, 0.3) is 0 Å². The number of carbonyl (C=O) groups is 1. The van der Waals surface area contributed by atoms with E-state index >= 15 is 0 Å². The SMILES string of the molecule is C[Si](C)(C)O[Si](C)(C)O[Si](C)(CCCOc1ccc(C(=O)c2ccccc2)c(O)c1)O[Si](C)(C)C. The molecule has 0 aromatic heterocycles. The maximum atomic E-state index is 12.6. The lowest BCUT2D eigenvalue weighted by atomic mass is 10.0. The number of hydrogen-bond donors (Lipinski definition) is 1. The van der Waals surface area contributed by atoms with Crippen molar-refractivity contribution in [2.75, 3.05) is 6.61 Å². The number of carbonyl (C=O) groups excluding carboxylic acids is 1. The highest BCUT2D eigenvalue weighted by Gasteiger charge is 2.44. The van der Waals surface area contributed by atoms with Gasteiger partial charge in [-0.3, -0.25) is 4.79 Å². The normalized spacial score (nSPS) is 14.4. The highest BCUT2D eigenvalue weighted by atomic mass is 28.5. The number of hydrogen-bond acceptors (Lipinski definition) is 6. The molecule has 0 radical (unpaired) electrons. The van der Waals surface area contributed by atoms with Crippen molar-refractivity contribution < 1.29 is 27.0 Å². The van der Waals surface area contributed by atoms with E-state index in [0.29, 0.717) is 17.9 Å². The van der Waals surface area contributed by atoms with E-state index in [4.69, 9.17) is 17.1 Å². The third-order valence-electron chi connectivity index (χ3n) is 4.83. The molecule has 10 heteroatoms. The van der Waals surface area contributed by atoms with Crippen molar-refractivity contribution >= 4 is 39.5 Å². The zero-order valence-electron chi connectivity index (χ0n) is 22.7. The summed E-state index contributed by atoms with van der Waals surface area (Å²) in [6.07, 6.45) is 0.760. The summed E-state index contributed by atoms with van der Waals surface area (Å²) in [5, 5.41) is 10.4. The lowest BCUT2D eigenvalue weighted by Gasteiger charge is -2.41. The Morgan fingerprint density at radius 3 is 1.94 bits per heavy atom. The van der Waals surface area contributed by atoms with Crippen LogP contribution < -0.4 is 4.74 Å². The molecule has 0 heterocycles. The Hall–Kier alpha value is -1.54. The first kappa shape index (κ1) is 29.7. The zero-order valence-corrected chi connectivity index (χ0v) is 26.7. The molecule has 0 bridgehead atoms. The standard InChI is InChI=1S/C25H42O6Si4/c1-32(2,3)29-34(7,8)31-35(9,30-33(4,5)6)19-13-18-28-22-16-17-23(24(26)20-22)25(27)21-14-11-10-12-15-21/h10-12,14-17,20,26H,13,18-19H2,1-9H3. The lowest BCUT2D eigenvalue weighted by molar-refractivity contribution is 0.103. The predicted molar refractivity (Wildman–Crippen MR) is 152 cm³/mol. The van der Waals surface area contributed by atoms with E-state index in [1.165, 1.54) is 6.07 Å². The van der Waals surface area contributed by atoms with Crippen LogP contribution in [0.1, 0.15) is 22.3 Å². The van der Waals surface area contributed by atoms with E-state index in [9.17, 15) is 9.90 Å². The van der Waals surface area contributed by atoms with Crippen LogP contribution in [0, 0.1) is 0 Å². The van der Waals surface area contributed by atoms with Gasteiger partial charge in [0.05, 0.1) is 12.2 Å². The molecule has 194 valence electrons. The van der Waals surface area contributed by atoms with Crippen molar-refractivity contribution in [1.82, 2.24) is 0 Å². The molecule has 0 aliphatic rings. The summed E-state index contributed by atoms with van der Waals surface area (Å²) < 4.78 is 25.7. The van der Waals surface area contributed by atoms with Crippen molar-refractivity contribution in [3.63, 3.8) is 0 Å². The number of phenols is 1. The molecule has 0 saturated carbocycles. The Balaban J connectivity index is 2.01. The third kappa shape index (κ3) is 10.5. The molecule has 0 amide bonds. The van der Waals surface area contributed by atoms with Crippen molar-refractivity contribution in [1.29, 1.82) is 0 Å². The average Bonchev–Trinajstić information content (AvgIpc) is 2.67. The second-order valence-corrected chi connectivity index (χ2v) is 27.9. The second kappa shape index (κ2) is 11.7. The fraction of sp³-hybridized carbons (Fsp3) is 0.480. The van der Waals surface area contributed by atoms with Gasteiger partial charge in [0.15, 0.2) is 22.4 Å². The number of benzene rings is 2. The summed E-state index contributed by atoms with van der Waals surface area (Å²) in [5.41, 5.74) is 0.794. The molecule has 35 heavy (non-hydrogen) atoms. The van der Waals surface area contributed by atoms with Gasteiger partial charge in [0.1, 0.15) is 11.5 Å². The van der Waals surface area contributed by atoms with Crippen LogP contribution in [0.2, 0.25) is 65.0 Å². The van der Waals surface area contributed by atoms with Crippen LogP contribution in [0.5, 0.6) is 11.5 Å². The van der Waals surface area contributed by atoms with E-state index in [-0.39, 0.29) is 17.1 Å². The number of ketones is 1. The smallest absolute Gasteiger partial charge is 0.315 e. The maximum Gasteiger partial charge on any atom is 0.315 e. The number of ether oxygens (including phenoxy) is 1. The summed E-state index contributed by atoms with van der Waals surface area (Å²) in [6.45, 7) is 19.9. The second-order valence-electron chi connectivity index (χ2n) is 11.4. The lowest BCUT2D eigenvalue weighted by Crippen LogP contribution is -2.56. The van der Waals surface area contributed by atoms with E-state index in [1.807, 2.05) is 6.07 Å². The Morgan fingerprint density at radius 2 is 1.40 bits per heavy atom. The first-order valence-corrected chi connectivity index (χ1v) is 24.3. The molecule has 2 aromatic carbocycles. The maximum absolute atomic E-state index is 12.6. The number of phenolic OH excluding ortho intramolecular Hbond substituents is 1. The summed E-state index contributed by atoms with van der Waals surface area (Å²) in [6, 6.07) is 14.5. The largest absolute Gasteiger partial charge is 0.507 e. The summed E-state index contributed by atoms with van der Waals surface area (Å²) in [5.74, 6) is 0.223. The third-order valence-corrected chi connectivity index (χ3v) is 18.4. The summed E-state index contributed by atoms with van der Waals surface area (Å²) >= 11 is 0. The van der Waals surface area contributed by atoms with Gasteiger partial charge in [0.2, 0.25) is 0 Å². The minimum atomic E-state index is -2.48. The van der Waals surface area contributed by atoms with Crippen molar-refractivity contribution in [3.8, 4) is 11.5 Å². The first-order valence-electron chi connectivity index (χ1n) is 12.1. The van der Waals surface area contributed by atoms with Crippen LogP contribution in [0.4, 0.5) is 0 Å². The molecule has 1 unspecified atom stereocenters. The predicted octanol–water partition coefficient (Wildman–Crippen LogP) is 6.89. The van der Waals surface area contributed by atoms with Crippen LogP contribution in [-0.2, 0) is 12.3 Å². The molecule has 6 nitrogen and oxygen atoms in total. The van der Waals surface area contributed by atoms with Gasteiger partial charge in [-0.1, -0.05) is 30.3 Å². The fourth-order valence-corrected chi connectivity index (χ4v) is 22.1. The molecule has 0 saturated heterocycles. The molecule has 2 rings (SSSR count). The highest BCUT2D eigenvalue weighted by Crippen LogP contribution is 2.29. The van der Waals surface area contributed by atoms with Crippen LogP contribution in [0.15, 0.2) is 48.5 Å². The summed E-state index contributed by atoms with van der Waals surface area (Å²) in [4.78, 5) is 12.6. The minimum Gasteiger partial charge on any atom is -0.507 e. The van der Waals surface area contributed by atoms with E-state index in [2.05, 4.69) is 58.9 Å². The number of rotatable bonds is 13. The van der Waals surface area contributed by atoms with Gasteiger partial charge in [-0.05, 0) is 83.5 Å². The molecule has 0 fully saturated rings. The van der Waals surface area contributed by atoms with Crippen LogP contribution in [0.3, 0.4) is 0 Å². The Labute approximate surface area is 215 Å². The van der Waals surface area contributed by atoms with Gasteiger partial charge in [-0.15, -0.1) is 0 Å². The molecule has 1 atom stereocenters. The molecule has 0 spiro atoms. The van der Waals surface area contributed by atoms with E-state index < -0.39 is 33.8 Å². The molecular weight excluding hydrogens is 509 g/mol. The monoisotopic (exact) mass is 550 g/mol. The van der Waals surface area contributed by atoms with Crippen LogP contribution >= 0.6 is 0 Å². The van der Waals surface area contributed by atoms with E-state index in [0.717, 1.165) is 12.5 Å². The molecule has 0 aliphatic carbocycles. The highest BCUT2D eigenvalue weighted by molar-refractivity contribution is 6.89. The average molecular weight is 551 g/mol. The Morgan fingerprint density at radius 1 is 0.800 bits per heavy atom. The number of aromatic hydroxyl groups is 1. The Kier molecular flexibility index (Phi) is 9.90. The zero-order chi connectivity index (χ0) is 26.5. The van der Waals surface area contributed by atoms with Gasteiger partial charge in [0, 0.05) is 11.6 Å². The minimum absolute atomic E-state index is 0.0859. The van der Waals surface area contributed by atoms with Gasteiger partial charge >= 0.3 is 17.1 Å². The van der Waals surface area contributed by atoms with Gasteiger partial charge < -0.3 is 22.2 Å². The topological polar surface area (TPSA) is 74.2 Å². The van der Waals surface area contributed by atoms with Crippen LogP contribution in [-0.4, -0.2) is 51.3 Å². The first-order chi connectivity index (χ1) is 16.0. The van der Waals surface area contributed by atoms with Gasteiger partial charge in [0.25, 0.3) is 0 Å². The molecule has 1 N–H and O–H groups in total.